The number of hydrogen-bond donors (Lipinski definition) is 1. The van der Waals surface area contributed by atoms with E-state index in [0.29, 0.717) is 27.2 Å². The van der Waals surface area contributed by atoms with Crippen LogP contribution < -0.4 is 0 Å². The number of imidazole rings is 1. The predicted octanol–water partition coefficient (Wildman–Crippen LogP) is 3.15. The van der Waals surface area contributed by atoms with Crippen molar-refractivity contribution in [1.82, 2.24) is 14.1 Å². The standard InChI is InChI=1S/C15H12FN3O2S/c1-18-12-10(14(20)21)7-11(8-4-3-5-9(16)6-8)17-13(12)19(2)15(18)22/h3-7H,1-2H3,(H,20,21). The maximum Gasteiger partial charge on any atom is 0.338 e. The number of halogens is 1. The van der Waals surface area contributed by atoms with Crippen molar-refractivity contribution in [3.8, 4) is 11.3 Å². The smallest absolute Gasteiger partial charge is 0.338 e. The number of hydrogen-bond acceptors (Lipinski definition) is 3. The summed E-state index contributed by atoms with van der Waals surface area (Å²) >= 11 is 5.26. The second-order valence-corrected chi connectivity index (χ2v) is 5.31. The zero-order valence-electron chi connectivity index (χ0n) is 11.9. The number of nitrogens with zero attached hydrogens (tertiary/aromatic N) is 3. The second-order valence-electron chi connectivity index (χ2n) is 4.94. The molecule has 7 heteroatoms. The molecule has 2 aromatic heterocycles. The lowest BCUT2D eigenvalue weighted by Crippen LogP contribution is -2.03. The van der Waals surface area contributed by atoms with Crippen molar-refractivity contribution >= 4 is 29.4 Å². The Labute approximate surface area is 130 Å². The Bertz CT molecular complexity index is 975. The van der Waals surface area contributed by atoms with Crippen molar-refractivity contribution in [2.45, 2.75) is 0 Å². The molecule has 1 N–H and O–H groups in total. The van der Waals surface area contributed by atoms with Gasteiger partial charge in [-0.15, -0.1) is 0 Å². The minimum absolute atomic E-state index is 0.0819. The van der Waals surface area contributed by atoms with E-state index in [1.165, 1.54) is 18.2 Å². The number of carboxylic acid groups (broad SMARTS) is 1. The summed E-state index contributed by atoms with van der Waals surface area (Å²) in [6.07, 6.45) is 0. The topological polar surface area (TPSA) is 60.0 Å². The Hall–Kier alpha value is -2.54. The van der Waals surface area contributed by atoms with Crippen LogP contribution in [0.15, 0.2) is 30.3 Å². The van der Waals surface area contributed by atoms with E-state index >= 15 is 0 Å². The molecule has 5 nitrogen and oxygen atoms in total. The number of rotatable bonds is 2. The zero-order chi connectivity index (χ0) is 16.0. The summed E-state index contributed by atoms with van der Waals surface area (Å²) in [6, 6.07) is 7.32. The number of carboxylic acids is 1. The van der Waals surface area contributed by atoms with E-state index in [2.05, 4.69) is 4.98 Å². The molecule has 0 aliphatic rings. The third-order valence-electron chi connectivity index (χ3n) is 3.55. The van der Waals surface area contributed by atoms with E-state index < -0.39 is 11.8 Å². The van der Waals surface area contributed by atoms with Crippen molar-refractivity contribution in [1.29, 1.82) is 0 Å². The van der Waals surface area contributed by atoms with Crippen molar-refractivity contribution in [2.24, 2.45) is 14.1 Å². The maximum atomic E-state index is 13.4. The zero-order valence-corrected chi connectivity index (χ0v) is 12.7. The van der Waals surface area contributed by atoms with E-state index in [1.54, 1.807) is 35.4 Å². The van der Waals surface area contributed by atoms with E-state index in [9.17, 15) is 14.3 Å². The molecule has 0 aliphatic heterocycles. The third-order valence-corrected chi connectivity index (χ3v) is 4.10. The lowest BCUT2D eigenvalue weighted by Gasteiger charge is -2.06. The number of carbonyl (C=O) groups is 1. The van der Waals surface area contributed by atoms with Gasteiger partial charge < -0.3 is 14.2 Å². The highest BCUT2D eigenvalue weighted by Crippen LogP contribution is 2.26. The summed E-state index contributed by atoms with van der Waals surface area (Å²) in [5, 5.41) is 9.47. The quantitative estimate of drug-likeness (QED) is 0.738. The van der Waals surface area contributed by atoms with Gasteiger partial charge in [0.2, 0.25) is 0 Å². The van der Waals surface area contributed by atoms with Gasteiger partial charge >= 0.3 is 5.97 Å². The molecule has 0 atom stereocenters. The Morgan fingerprint density at radius 2 is 2.00 bits per heavy atom. The van der Waals surface area contributed by atoms with Gasteiger partial charge in [-0.2, -0.15) is 0 Å². The molecule has 3 rings (SSSR count). The summed E-state index contributed by atoms with van der Waals surface area (Å²) in [7, 11) is 3.42. The molecule has 0 aliphatic carbocycles. The molecular formula is C15H12FN3O2S. The van der Waals surface area contributed by atoms with Gasteiger partial charge in [-0.1, -0.05) is 12.1 Å². The monoisotopic (exact) mass is 317 g/mol. The highest BCUT2D eigenvalue weighted by atomic mass is 32.1. The van der Waals surface area contributed by atoms with Gasteiger partial charge in [0.1, 0.15) is 11.3 Å². The number of aryl methyl sites for hydroxylation is 2. The lowest BCUT2D eigenvalue weighted by molar-refractivity contribution is 0.0698. The Kier molecular flexibility index (Phi) is 3.29. The van der Waals surface area contributed by atoms with E-state index in [4.69, 9.17) is 12.2 Å². The van der Waals surface area contributed by atoms with Crippen LogP contribution in [0.5, 0.6) is 0 Å². The molecule has 112 valence electrons. The van der Waals surface area contributed by atoms with Gasteiger partial charge in [0.25, 0.3) is 0 Å². The largest absolute Gasteiger partial charge is 0.478 e. The summed E-state index contributed by atoms with van der Waals surface area (Å²) in [6.45, 7) is 0. The van der Waals surface area contributed by atoms with Crippen LogP contribution in [0.1, 0.15) is 10.4 Å². The first-order valence-corrected chi connectivity index (χ1v) is 6.86. The molecule has 0 spiro atoms. The SMILES string of the molecule is Cn1c(=S)n(C)c2c(C(=O)O)cc(-c3cccc(F)c3)nc21. The average Bonchev–Trinajstić information content (AvgIpc) is 2.71. The van der Waals surface area contributed by atoms with Gasteiger partial charge in [0.15, 0.2) is 10.4 Å². The Morgan fingerprint density at radius 3 is 2.64 bits per heavy atom. The van der Waals surface area contributed by atoms with Gasteiger partial charge in [-0.05, 0) is 30.4 Å². The Morgan fingerprint density at radius 1 is 1.27 bits per heavy atom. The molecule has 22 heavy (non-hydrogen) atoms. The van der Waals surface area contributed by atoms with Crippen LogP contribution >= 0.6 is 12.2 Å². The minimum atomic E-state index is -1.08. The van der Waals surface area contributed by atoms with Gasteiger partial charge in [-0.3, -0.25) is 0 Å². The Balaban J connectivity index is 2.42. The fourth-order valence-electron chi connectivity index (χ4n) is 2.46. The van der Waals surface area contributed by atoms with Crippen molar-refractivity contribution in [2.75, 3.05) is 0 Å². The second kappa shape index (κ2) is 5.03. The normalized spacial score (nSPS) is 11.0. The molecule has 1 aromatic carbocycles. The summed E-state index contributed by atoms with van der Waals surface area (Å²) < 4.78 is 17.1. The maximum absolute atomic E-state index is 13.4. The minimum Gasteiger partial charge on any atom is -0.478 e. The molecule has 0 unspecified atom stereocenters. The molecular weight excluding hydrogens is 305 g/mol. The molecule has 2 heterocycles. The molecule has 0 saturated heterocycles. The highest BCUT2D eigenvalue weighted by Gasteiger charge is 2.18. The molecule has 3 aromatic rings. The first-order chi connectivity index (χ1) is 10.4. The summed E-state index contributed by atoms with van der Waals surface area (Å²) in [4.78, 5) is 16.0. The fourth-order valence-corrected chi connectivity index (χ4v) is 2.64. The molecule has 0 amide bonds. The molecule has 0 saturated carbocycles. The molecule has 0 radical (unpaired) electrons. The number of pyridine rings is 1. The van der Waals surface area contributed by atoms with Crippen LogP contribution in [-0.2, 0) is 14.1 Å². The first kappa shape index (κ1) is 14.4. The lowest BCUT2D eigenvalue weighted by atomic mass is 10.1. The first-order valence-electron chi connectivity index (χ1n) is 6.46. The van der Waals surface area contributed by atoms with Gasteiger partial charge in [0, 0.05) is 19.7 Å². The van der Waals surface area contributed by atoms with Crippen molar-refractivity contribution in [3.05, 3.63) is 46.5 Å². The van der Waals surface area contributed by atoms with Crippen molar-refractivity contribution in [3.63, 3.8) is 0 Å². The van der Waals surface area contributed by atoms with Gasteiger partial charge in [-0.25, -0.2) is 14.2 Å². The molecule has 0 fully saturated rings. The number of benzene rings is 1. The summed E-state index contributed by atoms with van der Waals surface area (Å²) in [5.41, 5.74) is 1.88. The number of fused-ring (bicyclic) bond motifs is 1. The number of aromatic nitrogens is 3. The molecule has 0 bridgehead atoms. The third kappa shape index (κ3) is 2.10. The highest BCUT2D eigenvalue weighted by molar-refractivity contribution is 7.71. The van der Waals surface area contributed by atoms with E-state index in [1.807, 2.05) is 0 Å². The van der Waals surface area contributed by atoms with Crippen LogP contribution in [-0.4, -0.2) is 25.2 Å². The number of aromatic carboxylic acids is 1. The van der Waals surface area contributed by atoms with Crippen LogP contribution in [0.3, 0.4) is 0 Å². The van der Waals surface area contributed by atoms with Gasteiger partial charge in [0.05, 0.1) is 11.3 Å². The van der Waals surface area contributed by atoms with Crippen LogP contribution in [0.2, 0.25) is 0 Å². The van der Waals surface area contributed by atoms with Crippen LogP contribution in [0, 0.1) is 10.6 Å². The van der Waals surface area contributed by atoms with Crippen LogP contribution in [0.4, 0.5) is 4.39 Å². The predicted molar refractivity (Wildman–Crippen MR) is 82.9 cm³/mol. The van der Waals surface area contributed by atoms with Crippen molar-refractivity contribution < 1.29 is 14.3 Å². The van der Waals surface area contributed by atoms with E-state index in [-0.39, 0.29) is 5.56 Å². The van der Waals surface area contributed by atoms with E-state index in [0.717, 1.165) is 0 Å². The summed E-state index contributed by atoms with van der Waals surface area (Å²) in [5.74, 6) is -1.49. The van der Waals surface area contributed by atoms with Crippen LogP contribution in [0.25, 0.3) is 22.4 Å². The average molecular weight is 317 g/mol. The fraction of sp³-hybridized carbons (Fsp3) is 0.133.